The number of hydrogen-bond acceptors (Lipinski definition) is 4. The van der Waals surface area contributed by atoms with Crippen LogP contribution < -0.4 is 15.8 Å². The van der Waals surface area contributed by atoms with Crippen LogP contribution in [-0.4, -0.2) is 38.8 Å². The van der Waals surface area contributed by atoms with Crippen LogP contribution >= 0.6 is 0 Å². The molecular weight excluding hydrogens is 232 g/mol. The number of hydrogen-bond donors (Lipinski definition) is 2. The van der Waals surface area contributed by atoms with Crippen molar-refractivity contribution >= 4 is 5.91 Å². The van der Waals surface area contributed by atoms with Gasteiger partial charge in [0.05, 0.1) is 12.6 Å². The lowest BCUT2D eigenvalue weighted by atomic mass is 10.2. The van der Waals surface area contributed by atoms with E-state index in [1.54, 1.807) is 7.11 Å². The number of para-hydroxylation sites is 1. The van der Waals surface area contributed by atoms with Gasteiger partial charge in [0.25, 0.3) is 0 Å². The topological polar surface area (TPSA) is 73.6 Å². The maximum atomic E-state index is 11.5. The van der Waals surface area contributed by atoms with Gasteiger partial charge >= 0.3 is 0 Å². The van der Waals surface area contributed by atoms with Gasteiger partial charge in [-0.2, -0.15) is 0 Å². The fourth-order valence-corrected chi connectivity index (χ4v) is 1.37. The number of nitrogens with two attached hydrogens (primary N) is 1. The molecule has 1 amide bonds. The van der Waals surface area contributed by atoms with Gasteiger partial charge in [0.2, 0.25) is 5.91 Å². The maximum absolute atomic E-state index is 11.5. The van der Waals surface area contributed by atoms with Crippen molar-refractivity contribution in [3.63, 3.8) is 0 Å². The molecule has 0 aliphatic carbocycles. The van der Waals surface area contributed by atoms with Crippen LogP contribution in [0.5, 0.6) is 5.75 Å². The number of amides is 1. The van der Waals surface area contributed by atoms with Crippen molar-refractivity contribution in [2.75, 3.05) is 26.9 Å². The van der Waals surface area contributed by atoms with E-state index in [0.717, 1.165) is 5.75 Å². The van der Waals surface area contributed by atoms with Crippen molar-refractivity contribution in [1.29, 1.82) is 0 Å². The highest BCUT2D eigenvalue weighted by Crippen LogP contribution is 2.07. The average Bonchev–Trinajstić information content (AvgIpc) is 2.41. The fourth-order valence-electron chi connectivity index (χ4n) is 1.37. The number of carbonyl (C=O) groups excluding carboxylic acids is 1. The first kappa shape index (κ1) is 14.5. The Morgan fingerprint density at radius 3 is 2.72 bits per heavy atom. The third kappa shape index (κ3) is 5.65. The first-order valence-corrected chi connectivity index (χ1v) is 5.94. The Bertz CT molecular complexity index is 343. The lowest BCUT2D eigenvalue weighted by Gasteiger charge is -2.12. The highest BCUT2D eigenvalue weighted by atomic mass is 16.5. The van der Waals surface area contributed by atoms with Gasteiger partial charge < -0.3 is 20.5 Å². The van der Waals surface area contributed by atoms with Gasteiger partial charge in [0.15, 0.2) is 0 Å². The first-order valence-electron chi connectivity index (χ1n) is 5.94. The van der Waals surface area contributed by atoms with E-state index in [4.69, 9.17) is 15.2 Å². The summed E-state index contributed by atoms with van der Waals surface area (Å²) >= 11 is 0. The molecule has 18 heavy (non-hydrogen) atoms. The zero-order chi connectivity index (χ0) is 13.2. The largest absolute Gasteiger partial charge is 0.492 e. The van der Waals surface area contributed by atoms with Gasteiger partial charge in [-0.3, -0.25) is 4.79 Å². The molecule has 100 valence electrons. The Labute approximate surface area is 107 Å². The highest BCUT2D eigenvalue weighted by Gasteiger charge is 2.11. The van der Waals surface area contributed by atoms with Crippen molar-refractivity contribution < 1.29 is 14.3 Å². The lowest BCUT2D eigenvalue weighted by molar-refractivity contribution is -0.122. The summed E-state index contributed by atoms with van der Waals surface area (Å²) in [6.45, 7) is 1.34. The molecule has 5 nitrogen and oxygen atoms in total. The van der Waals surface area contributed by atoms with Crippen LogP contribution in [-0.2, 0) is 9.53 Å². The second kappa shape index (κ2) is 8.49. The minimum Gasteiger partial charge on any atom is -0.492 e. The van der Waals surface area contributed by atoms with Gasteiger partial charge in [0.1, 0.15) is 12.4 Å². The second-order valence-corrected chi connectivity index (χ2v) is 3.84. The summed E-state index contributed by atoms with van der Waals surface area (Å²) in [4.78, 5) is 11.5. The zero-order valence-electron chi connectivity index (χ0n) is 10.6. The van der Waals surface area contributed by atoms with Gasteiger partial charge in [-0.1, -0.05) is 18.2 Å². The van der Waals surface area contributed by atoms with Crippen LogP contribution in [0.1, 0.15) is 6.42 Å². The van der Waals surface area contributed by atoms with Gasteiger partial charge in [-0.15, -0.1) is 0 Å². The van der Waals surface area contributed by atoms with Gasteiger partial charge in [-0.25, -0.2) is 0 Å². The molecule has 1 rings (SSSR count). The molecule has 1 atom stereocenters. The number of rotatable bonds is 8. The lowest BCUT2D eigenvalue weighted by Crippen LogP contribution is -2.42. The summed E-state index contributed by atoms with van der Waals surface area (Å²) in [6, 6.07) is 8.92. The molecule has 3 N–H and O–H groups in total. The molecule has 0 aliphatic rings. The van der Waals surface area contributed by atoms with E-state index in [9.17, 15) is 4.79 Å². The molecule has 1 unspecified atom stereocenters. The molecule has 0 saturated carbocycles. The van der Waals surface area contributed by atoms with Gasteiger partial charge in [0, 0.05) is 13.7 Å². The second-order valence-electron chi connectivity index (χ2n) is 3.84. The summed E-state index contributed by atoms with van der Waals surface area (Å²) in [5, 5.41) is 2.72. The van der Waals surface area contributed by atoms with Crippen LogP contribution in [0, 0.1) is 0 Å². The van der Waals surface area contributed by atoms with Crippen LogP contribution in [0.25, 0.3) is 0 Å². The monoisotopic (exact) mass is 252 g/mol. The molecular formula is C13H20N2O3. The van der Waals surface area contributed by atoms with E-state index in [1.165, 1.54) is 0 Å². The van der Waals surface area contributed by atoms with Crippen molar-refractivity contribution in [3.05, 3.63) is 30.3 Å². The van der Waals surface area contributed by atoms with E-state index in [-0.39, 0.29) is 5.91 Å². The molecule has 0 fully saturated rings. The van der Waals surface area contributed by atoms with Crippen molar-refractivity contribution in [2.24, 2.45) is 5.73 Å². The summed E-state index contributed by atoms with van der Waals surface area (Å²) in [5.74, 6) is 0.610. The zero-order valence-corrected chi connectivity index (χ0v) is 10.6. The maximum Gasteiger partial charge on any atom is 0.237 e. The number of ether oxygens (including phenoxy) is 2. The SMILES string of the molecule is COCCC(N)C(=O)NCCOc1ccccc1. The predicted octanol–water partition coefficient (Wildman–Crippen LogP) is 0.545. The van der Waals surface area contributed by atoms with E-state index in [2.05, 4.69) is 5.32 Å². The van der Waals surface area contributed by atoms with Gasteiger partial charge in [-0.05, 0) is 18.6 Å². The predicted molar refractivity (Wildman–Crippen MR) is 69.4 cm³/mol. The van der Waals surface area contributed by atoms with Crippen molar-refractivity contribution in [3.8, 4) is 5.75 Å². The van der Waals surface area contributed by atoms with Crippen molar-refractivity contribution in [2.45, 2.75) is 12.5 Å². The molecule has 0 heterocycles. The summed E-state index contributed by atoms with van der Waals surface area (Å²) < 4.78 is 10.3. The number of carbonyl (C=O) groups is 1. The minimum absolute atomic E-state index is 0.177. The number of nitrogens with one attached hydrogen (secondary N) is 1. The molecule has 0 radical (unpaired) electrons. The third-order valence-electron chi connectivity index (χ3n) is 2.38. The van der Waals surface area contributed by atoms with Crippen LogP contribution in [0.15, 0.2) is 30.3 Å². The summed E-state index contributed by atoms with van der Waals surface area (Å²) in [5.41, 5.74) is 5.66. The Kier molecular flexibility index (Phi) is 6.83. The molecule has 0 spiro atoms. The third-order valence-corrected chi connectivity index (χ3v) is 2.38. The molecule has 0 saturated heterocycles. The summed E-state index contributed by atoms with van der Waals surface area (Å²) in [6.07, 6.45) is 0.516. The number of benzene rings is 1. The number of methoxy groups -OCH3 is 1. The molecule has 0 aromatic heterocycles. The Hall–Kier alpha value is -1.59. The standard InChI is InChI=1S/C13H20N2O3/c1-17-9-7-12(14)13(16)15-8-10-18-11-5-3-2-4-6-11/h2-6,12H,7-10,14H2,1H3,(H,15,16). The van der Waals surface area contributed by atoms with E-state index in [0.29, 0.717) is 26.2 Å². The normalized spacial score (nSPS) is 11.9. The van der Waals surface area contributed by atoms with Crippen molar-refractivity contribution in [1.82, 2.24) is 5.32 Å². The van der Waals surface area contributed by atoms with E-state index < -0.39 is 6.04 Å². The van der Waals surface area contributed by atoms with E-state index in [1.807, 2.05) is 30.3 Å². The highest BCUT2D eigenvalue weighted by molar-refractivity contribution is 5.81. The molecule has 0 bridgehead atoms. The average molecular weight is 252 g/mol. The Balaban J connectivity index is 2.12. The molecule has 1 aromatic carbocycles. The molecule has 1 aromatic rings. The first-order chi connectivity index (χ1) is 8.74. The quantitative estimate of drug-likeness (QED) is 0.662. The smallest absolute Gasteiger partial charge is 0.237 e. The fraction of sp³-hybridized carbons (Fsp3) is 0.462. The van der Waals surface area contributed by atoms with E-state index >= 15 is 0 Å². The Morgan fingerprint density at radius 2 is 2.06 bits per heavy atom. The van der Waals surface area contributed by atoms with Crippen LogP contribution in [0.2, 0.25) is 0 Å². The molecule has 5 heteroatoms. The van der Waals surface area contributed by atoms with Crippen LogP contribution in [0.3, 0.4) is 0 Å². The van der Waals surface area contributed by atoms with Crippen LogP contribution in [0.4, 0.5) is 0 Å². The summed E-state index contributed by atoms with van der Waals surface area (Å²) in [7, 11) is 1.58. The Morgan fingerprint density at radius 1 is 1.33 bits per heavy atom. The molecule has 0 aliphatic heterocycles. The minimum atomic E-state index is -0.526.